The van der Waals surface area contributed by atoms with E-state index in [1.165, 1.54) is 50.7 Å². The minimum absolute atomic E-state index is 0.196. The fourth-order valence-electron chi connectivity index (χ4n) is 3.28. The van der Waals surface area contributed by atoms with E-state index in [0.717, 1.165) is 16.7 Å². The van der Waals surface area contributed by atoms with E-state index >= 15 is 0 Å². The molecule has 1 aliphatic rings. The number of carbonyl (C=O) groups excluding carboxylic acids is 1. The maximum absolute atomic E-state index is 13.3. The molecule has 0 aromatic heterocycles. The van der Waals surface area contributed by atoms with Crippen molar-refractivity contribution in [3.8, 4) is 0 Å². The molecular formula is C17H23FO. The van der Waals surface area contributed by atoms with Gasteiger partial charge in [-0.15, -0.1) is 0 Å². The third-order valence-electron chi connectivity index (χ3n) is 4.23. The molecule has 104 valence electrons. The van der Waals surface area contributed by atoms with Gasteiger partial charge >= 0.3 is 0 Å². The number of Topliss-reactive ketones (excluding diaryl/α,β-unsaturated/α-hetero) is 1. The first-order chi connectivity index (χ1) is 9.08. The van der Waals surface area contributed by atoms with Crippen LogP contribution in [-0.2, 0) is 0 Å². The van der Waals surface area contributed by atoms with Crippen LogP contribution in [0.5, 0.6) is 0 Å². The first-order valence-corrected chi connectivity index (χ1v) is 7.38. The normalized spacial score (nSPS) is 17.2. The highest BCUT2D eigenvalue weighted by atomic mass is 19.1. The van der Waals surface area contributed by atoms with Gasteiger partial charge in [-0.1, -0.05) is 38.5 Å². The number of hydrogen-bond acceptors (Lipinski definition) is 1. The minimum Gasteiger partial charge on any atom is -0.294 e. The molecule has 1 aromatic carbocycles. The van der Waals surface area contributed by atoms with E-state index in [1.54, 1.807) is 0 Å². The smallest absolute Gasteiger partial charge is 0.163 e. The van der Waals surface area contributed by atoms with Crippen molar-refractivity contribution in [3.05, 3.63) is 34.6 Å². The molecule has 2 heteroatoms. The standard InChI is InChI=1S/C17H23FO/c1-12-9-15(18)10-13(2)17(12)16(19)11-14-7-5-3-4-6-8-14/h9-10,14H,3-8,11H2,1-2H3. The van der Waals surface area contributed by atoms with Crippen molar-refractivity contribution >= 4 is 5.78 Å². The highest BCUT2D eigenvalue weighted by molar-refractivity contribution is 5.98. The van der Waals surface area contributed by atoms with Crippen molar-refractivity contribution in [1.82, 2.24) is 0 Å². The van der Waals surface area contributed by atoms with Crippen LogP contribution in [0.2, 0.25) is 0 Å². The van der Waals surface area contributed by atoms with E-state index < -0.39 is 0 Å². The monoisotopic (exact) mass is 262 g/mol. The second kappa shape index (κ2) is 6.31. The molecule has 0 bridgehead atoms. The van der Waals surface area contributed by atoms with Gasteiger partial charge in [0, 0.05) is 12.0 Å². The zero-order valence-corrected chi connectivity index (χ0v) is 12.0. The highest BCUT2D eigenvalue weighted by Crippen LogP contribution is 2.28. The van der Waals surface area contributed by atoms with Gasteiger partial charge in [-0.05, 0) is 43.0 Å². The molecule has 0 saturated heterocycles. The maximum Gasteiger partial charge on any atom is 0.163 e. The Morgan fingerprint density at radius 1 is 1.11 bits per heavy atom. The first kappa shape index (κ1) is 14.2. The van der Waals surface area contributed by atoms with Crippen LogP contribution < -0.4 is 0 Å². The molecule has 1 aliphatic carbocycles. The Morgan fingerprint density at radius 3 is 2.16 bits per heavy atom. The molecule has 0 amide bonds. The van der Waals surface area contributed by atoms with Crippen molar-refractivity contribution in [1.29, 1.82) is 0 Å². The van der Waals surface area contributed by atoms with Crippen LogP contribution in [-0.4, -0.2) is 5.78 Å². The Hall–Kier alpha value is -1.18. The summed E-state index contributed by atoms with van der Waals surface area (Å²) in [6.45, 7) is 3.66. The van der Waals surface area contributed by atoms with E-state index in [0.29, 0.717) is 12.3 Å². The van der Waals surface area contributed by atoms with Gasteiger partial charge in [0.1, 0.15) is 5.82 Å². The molecule has 0 atom stereocenters. The average Bonchev–Trinajstić information content (AvgIpc) is 2.56. The van der Waals surface area contributed by atoms with E-state index in [-0.39, 0.29) is 11.6 Å². The Balaban J connectivity index is 2.11. The van der Waals surface area contributed by atoms with E-state index in [9.17, 15) is 9.18 Å². The third kappa shape index (κ3) is 3.65. The van der Waals surface area contributed by atoms with E-state index in [2.05, 4.69) is 0 Å². The number of halogens is 1. The van der Waals surface area contributed by atoms with Gasteiger partial charge in [0.25, 0.3) is 0 Å². The SMILES string of the molecule is Cc1cc(F)cc(C)c1C(=O)CC1CCCCCC1. The molecule has 19 heavy (non-hydrogen) atoms. The summed E-state index contributed by atoms with van der Waals surface area (Å²) in [6, 6.07) is 2.93. The van der Waals surface area contributed by atoms with Crippen molar-refractivity contribution in [2.24, 2.45) is 5.92 Å². The second-order valence-corrected chi connectivity index (χ2v) is 5.90. The van der Waals surface area contributed by atoms with Crippen LogP contribution in [0, 0.1) is 25.6 Å². The van der Waals surface area contributed by atoms with E-state index in [4.69, 9.17) is 0 Å². The lowest BCUT2D eigenvalue weighted by Gasteiger charge is -2.15. The predicted molar refractivity (Wildman–Crippen MR) is 76.0 cm³/mol. The van der Waals surface area contributed by atoms with Crippen LogP contribution in [0.15, 0.2) is 12.1 Å². The quantitative estimate of drug-likeness (QED) is 0.554. The summed E-state index contributed by atoms with van der Waals surface area (Å²) >= 11 is 0. The summed E-state index contributed by atoms with van der Waals surface area (Å²) in [7, 11) is 0. The number of ketones is 1. The molecule has 0 radical (unpaired) electrons. The van der Waals surface area contributed by atoms with Gasteiger partial charge < -0.3 is 0 Å². The maximum atomic E-state index is 13.3. The van der Waals surface area contributed by atoms with Crippen molar-refractivity contribution in [2.75, 3.05) is 0 Å². The number of hydrogen-bond donors (Lipinski definition) is 0. The van der Waals surface area contributed by atoms with E-state index in [1.807, 2.05) is 13.8 Å². The van der Waals surface area contributed by atoms with Crippen LogP contribution in [0.3, 0.4) is 0 Å². The summed E-state index contributed by atoms with van der Waals surface area (Å²) < 4.78 is 13.3. The molecule has 0 spiro atoms. The number of carbonyl (C=O) groups is 1. The fraction of sp³-hybridized carbons (Fsp3) is 0.588. The summed E-state index contributed by atoms with van der Waals surface area (Å²) in [5, 5.41) is 0. The summed E-state index contributed by atoms with van der Waals surface area (Å²) in [5.41, 5.74) is 2.29. The molecule has 1 saturated carbocycles. The van der Waals surface area contributed by atoms with Crippen molar-refractivity contribution in [3.63, 3.8) is 0 Å². The van der Waals surface area contributed by atoms with Gasteiger partial charge in [0.05, 0.1) is 0 Å². The molecule has 1 fully saturated rings. The molecule has 2 rings (SSSR count). The lowest BCUT2D eigenvalue weighted by molar-refractivity contribution is 0.0955. The minimum atomic E-state index is -0.249. The fourth-order valence-corrected chi connectivity index (χ4v) is 3.28. The Bertz CT molecular complexity index is 433. The summed E-state index contributed by atoms with van der Waals surface area (Å²) in [4.78, 5) is 12.5. The van der Waals surface area contributed by atoms with Crippen molar-refractivity contribution in [2.45, 2.75) is 58.8 Å². The molecule has 0 N–H and O–H groups in total. The molecule has 0 unspecified atom stereocenters. The molecular weight excluding hydrogens is 239 g/mol. The molecule has 0 heterocycles. The summed E-state index contributed by atoms with van der Waals surface area (Å²) in [6.07, 6.45) is 8.08. The average molecular weight is 262 g/mol. The van der Waals surface area contributed by atoms with Gasteiger partial charge in [-0.3, -0.25) is 4.79 Å². The zero-order valence-electron chi connectivity index (χ0n) is 12.0. The van der Waals surface area contributed by atoms with Crippen LogP contribution in [0.4, 0.5) is 4.39 Å². The molecule has 1 aromatic rings. The predicted octanol–water partition coefficient (Wildman–Crippen LogP) is 4.99. The zero-order chi connectivity index (χ0) is 13.8. The number of rotatable bonds is 3. The number of aryl methyl sites for hydroxylation is 2. The molecule has 0 aliphatic heterocycles. The van der Waals surface area contributed by atoms with Crippen molar-refractivity contribution < 1.29 is 9.18 Å². The third-order valence-corrected chi connectivity index (χ3v) is 4.23. The van der Waals surface area contributed by atoms with Gasteiger partial charge in [-0.25, -0.2) is 4.39 Å². The Labute approximate surface area is 115 Å². The largest absolute Gasteiger partial charge is 0.294 e. The van der Waals surface area contributed by atoms with Crippen LogP contribution in [0.25, 0.3) is 0 Å². The number of benzene rings is 1. The van der Waals surface area contributed by atoms with Gasteiger partial charge in [0.15, 0.2) is 5.78 Å². The summed E-state index contributed by atoms with van der Waals surface area (Å²) in [5.74, 6) is 0.474. The second-order valence-electron chi connectivity index (χ2n) is 5.90. The van der Waals surface area contributed by atoms with Gasteiger partial charge in [-0.2, -0.15) is 0 Å². The first-order valence-electron chi connectivity index (χ1n) is 7.38. The van der Waals surface area contributed by atoms with Gasteiger partial charge in [0.2, 0.25) is 0 Å². The lowest BCUT2D eigenvalue weighted by Crippen LogP contribution is -2.11. The Morgan fingerprint density at radius 2 is 1.63 bits per heavy atom. The Kier molecular flexibility index (Phi) is 4.73. The lowest BCUT2D eigenvalue weighted by atomic mass is 9.89. The topological polar surface area (TPSA) is 17.1 Å². The van der Waals surface area contributed by atoms with Crippen LogP contribution in [0.1, 0.15) is 66.4 Å². The highest BCUT2D eigenvalue weighted by Gasteiger charge is 2.20. The van der Waals surface area contributed by atoms with Crippen LogP contribution >= 0.6 is 0 Å². The molecule has 1 nitrogen and oxygen atoms in total.